The van der Waals surface area contributed by atoms with E-state index in [1.54, 1.807) is 47.8 Å². The number of fused-ring (bicyclic) bond motifs is 1. The minimum Gasteiger partial charge on any atom is -0.332 e. The molecule has 0 saturated carbocycles. The zero-order valence-corrected chi connectivity index (χ0v) is 18.1. The molecule has 0 fully saturated rings. The molecule has 150 valence electrons. The van der Waals surface area contributed by atoms with Crippen LogP contribution in [0.15, 0.2) is 46.7 Å². The maximum absolute atomic E-state index is 12.6. The lowest BCUT2D eigenvalue weighted by molar-refractivity contribution is -0.128. The summed E-state index contributed by atoms with van der Waals surface area (Å²) < 4.78 is 26.5. The lowest BCUT2D eigenvalue weighted by Gasteiger charge is -2.32. The average molecular weight is 419 g/mol. The Hall–Kier alpha value is -1.96. The highest BCUT2D eigenvalue weighted by Gasteiger charge is 2.27. The van der Waals surface area contributed by atoms with Crippen molar-refractivity contribution >= 4 is 33.3 Å². The van der Waals surface area contributed by atoms with E-state index in [-0.39, 0.29) is 16.8 Å². The second kappa shape index (κ2) is 8.59. The van der Waals surface area contributed by atoms with Gasteiger partial charge in [-0.2, -0.15) is 4.31 Å². The fraction of sp³-hybridized carbons (Fsp3) is 0.381. The molecule has 1 atom stereocenters. The van der Waals surface area contributed by atoms with Gasteiger partial charge in [0.15, 0.2) is 0 Å². The Morgan fingerprint density at radius 1 is 1.21 bits per heavy atom. The number of thiophene rings is 1. The zero-order chi connectivity index (χ0) is 20.3. The van der Waals surface area contributed by atoms with Gasteiger partial charge in [-0.25, -0.2) is 8.42 Å². The summed E-state index contributed by atoms with van der Waals surface area (Å²) in [7, 11) is -3.46. The Kier molecular flexibility index (Phi) is 6.37. The lowest BCUT2D eigenvalue weighted by atomic mass is 10.0. The Labute approximate surface area is 171 Å². The molecule has 0 saturated heterocycles. The number of hydrogen-bond donors (Lipinski definition) is 0. The van der Waals surface area contributed by atoms with E-state index >= 15 is 0 Å². The largest absolute Gasteiger partial charge is 0.332 e. The van der Waals surface area contributed by atoms with Crippen molar-refractivity contribution in [2.75, 3.05) is 19.6 Å². The number of nitrogens with zero attached hydrogens (tertiary/aromatic N) is 2. The van der Waals surface area contributed by atoms with E-state index in [2.05, 4.69) is 18.4 Å². The highest BCUT2D eigenvalue weighted by atomic mass is 32.2. The quantitative estimate of drug-likeness (QED) is 0.668. The van der Waals surface area contributed by atoms with E-state index in [1.807, 2.05) is 18.7 Å². The van der Waals surface area contributed by atoms with Crippen LogP contribution in [0.5, 0.6) is 0 Å². The minimum absolute atomic E-state index is 0.0239. The topological polar surface area (TPSA) is 57.7 Å². The molecular weight excluding hydrogens is 392 g/mol. The molecule has 1 aromatic carbocycles. The Morgan fingerprint density at radius 2 is 1.89 bits per heavy atom. The summed E-state index contributed by atoms with van der Waals surface area (Å²) in [6, 6.07) is 8.84. The number of carbonyl (C=O) groups is 1. The Balaban J connectivity index is 1.70. The van der Waals surface area contributed by atoms with Crippen molar-refractivity contribution in [1.29, 1.82) is 0 Å². The SMILES string of the molecule is CCN(CC)S(=O)(=O)c1ccc(/C=C/C(=O)N2CCc3sccc3[C@H]2C)cc1. The van der Waals surface area contributed by atoms with E-state index in [0.717, 1.165) is 18.5 Å². The number of hydrogen-bond acceptors (Lipinski definition) is 4. The van der Waals surface area contributed by atoms with Crippen LogP contribution in [0.3, 0.4) is 0 Å². The van der Waals surface area contributed by atoms with Crippen LogP contribution < -0.4 is 0 Å². The number of sulfonamides is 1. The molecule has 5 nitrogen and oxygen atoms in total. The van der Waals surface area contributed by atoms with Crippen molar-refractivity contribution < 1.29 is 13.2 Å². The van der Waals surface area contributed by atoms with Gasteiger partial charge >= 0.3 is 0 Å². The predicted molar refractivity (Wildman–Crippen MR) is 114 cm³/mol. The van der Waals surface area contributed by atoms with Crippen LogP contribution in [0.2, 0.25) is 0 Å². The van der Waals surface area contributed by atoms with Gasteiger partial charge in [-0.05, 0) is 54.1 Å². The zero-order valence-electron chi connectivity index (χ0n) is 16.5. The van der Waals surface area contributed by atoms with Crippen molar-refractivity contribution in [3.63, 3.8) is 0 Å². The summed E-state index contributed by atoms with van der Waals surface area (Å²) in [6.07, 6.45) is 4.21. The molecule has 3 rings (SSSR count). The summed E-state index contributed by atoms with van der Waals surface area (Å²) in [6.45, 7) is 7.31. The van der Waals surface area contributed by atoms with Gasteiger partial charge in [-0.1, -0.05) is 26.0 Å². The van der Waals surface area contributed by atoms with E-state index in [4.69, 9.17) is 0 Å². The van der Waals surface area contributed by atoms with Crippen LogP contribution >= 0.6 is 11.3 Å². The number of carbonyl (C=O) groups excluding carboxylic acids is 1. The molecule has 0 aliphatic carbocycles. The summed E-state index contributed by atoms with van der Waals surface area (Å²) in [5.74, 6) is -0.0239. The predicted octanol–water partition coefficient (Wildman–Crippen LogP) is 3.94. The number of benzene rings is 1. The second-order valence-electron chi connectivity index (χ2n) is 6.75. The molecule has 1 aliphatic rings. The molecule has 0 N–H and O–H groups in total. The van der Waals surface area contributed by atoms with Gasteiger partial charge in [0, 0.05) is 30.6 Å². The van der Waals surface area contributed by atoms with Crippen molar-refractivity contribution in [3.05, 3.63) is 57.8 Å². The van der Waals surface area contributed by atoms with E-state index in [0.29, 0.717) is 13.1 Å². The first-order valence-corrected chi connectivity index (χ1v) is 11.9. The van der Waals surface area contributed by atoms with Crippen molar-refractivity contribution in [3.8, 4) is 0 Å². The number of amides is 1. The molecule has 1 aromatic heterocycles. The normalized spacial score (nSPS) is 17.3. The van der Waals surface area contributed by atoms with Crippen LogP contribution in [0.25, 0.3) is 6.08 Å². The maximum atomic E-state index is 12.6. The van der Waals surface area contributed by atoms with Crippen LogP contribution in [-0.4, -0.2) is 43.2 Å². The van der Waals surface area contributed by atoms with Crippen molar-refractivity contribution in [1.82, 2.24) is 9.21 Å². The monoisotopic (exact) mass is 418 g/mol. The summed E-state index contributed by atoms with van der Waals surface area (Å²) >= 11 is 1.75. The van der Waals surface area contributed by atoms with E-state index in [1.165, 1.54) is 14.7 Å². The molecule has 1 aliphatic heterocycles. The highest BCUT2D eigenvalue weighted by molar-refractivity contribution is 7.89. The van der Waals surface area contributed by atoms with Crippen LogP contribution in [0.1, 0.15) is 42.8 Å². The second-order valence-corrected chi connectivity index (χ2v) is 9.69. The third-order valence-corrected chi connectivity index (χ3v) is 8.26. The first kappa shape index (κ1) is 20.8. The van der Waals surface area contributed by atoms with E-state index in [9.17, 15) is 13.2 Å². The summed E-state index contributed by atoms with van der Waals surface area (Å²) in [4.78, 5) is 16.2. The fourth-order valence-electron chi connectivity index (χ4n) is 3.54. The van der Waals surface area contributed by atoms with Crippen LogP contribution in [-0.2, 0) is 21.2 Å². The summed E-state index contributed by atoms with van der Waals surface area (Å²) in [5.41, 5.74) is 2.04. The summed E-state index contributed by atoms with van der Waals surface area (Å²) in [5, 5.41) is 2.08. The highest BCUT2D eigenvalue weighted by Crippen LogP contribution is 2.32. The lowest BCUT2D eigenvalue weighted by Crippen LogP contribution is -2.37. The number of rotatable bonds is 6. The standard InChI is InChI=1S/C21H26N2O3S2/c1-4-22(5-2)28(25,26)18-9-6-17(7-10-18)8-11-21(24)23-14-12-20-19(16(23)3)13-15-27-20/h6-11,13,15-16H,4-5,12,14H2,1-3H3/b11-8+/t16-/m1/s1. The molecule has 0 unspecified atom stereocenters. The molecule has 2 aromatic rings. The fourth-order valence-corrected chi connectivity index (χ4v) is 5.96. The first-order valence-electron chi connectivity index (χ1n) is 9.53. The molecule has 0 spiro atoms. The van der Waals surface area contributed by atoms with Gasteiger partial charge in [0.25, 0.3) is 0 Å². The van der Waals surface area contributed by atoms with Crippen molar-refractivity contribution in [2.24, 2.45) is 0 Å². The van der Waals surface area contributed by atoms with E-state index < -0.39 is 10.0 Å². The third-order valence-electron chi connectivity index (χ3n) is 5.20. The first-order chi connectivity index (χ1) is 13.4. The molecule has 28 heavy (non-hydrogen) atoms. The van der Waals surface area contributed by atoms with Gasteiger partial charge in [-0.3, -0.25) is 4.79 Å². The molecule has 0 bridgehead atoms. The van der Waals surface area contributed by atoms with Crippen LogP contribution in [0.4, 0.5) is 0 Å². The van der Waals surface area contributed by atoms with Gasteiger partial charge in [0.05, 0.1) is 10.9 Å². The van der Waals surface area contributed by atoms with Crippen molar-refractivity contribution in [2.45, 2.75) is 38.1 Å². The molecule has 0 radical (unpaired) electrons. The molecular formula is C21H26N2O3S2. The Morgan fingerprint density at radius 3 is 2.54 bits per heavy atom. The molecule has 7 heteroatoms. The molecule has 2 heterocycles. The minimum atomic E-state index is -3.46. The van der Waals surface area contributed by atoms with Gasteiger partial charge in [0.1, 0.15) is 0 Å². The van der Waals surface area contributed by atoms with Crippen LogP contribution in [0, 0.1) is 0 Å². The van der Waals surface area contributed by atoms with Gasteiger partial charge in [-0.15, -0.1) is 11.3 Å². The Bertz CT molecular complexity index is 958. The average Bonchev–Trinajstić information content (AvgIpc) is 3.17. The van der Waals surface area contributed by atoms with Gasteiger partial charge < -0.3 is 4.90 Å². The van der Waals surface area contributed by atoms with Gasteiger partial charge in [0.2, 0.25) is 15.9 Å². The smallest absolute Gasteiger partial charge is 0.247 e. The third kappa shape index (κ3) is 4.06. The molecule has 1 amide bonds. The maximum Gasteiger partial charge on any atom is 0.247 e.